The van der Waals surface area contributed by atoms with Gasteiger partial charge >= 0.3 is 0 Å². The number of carbonyl (C=O) groups is 2. The van der Waals surface area contributed by atoms with Gasteiger partial charge in [0.2, 0.25) is 12.7 Å². The van der Waals surface area contributed by atoms with Crippen molar-refractivity contribution in [2.75, 3.05) is 11.7 Å². The van der Waals surface area contributed by atoms with E-state index >= 15 is 0 Å². The minimum absolute atomic E-state index is 0.0723. The van der Waals surface area contributed by atoms with Gasteiger partial charge in [0.25, 0.3) is 5.91 Å². The average Bonchev–Trinajstić information content (AvgIpc) is 3.73. The Labute approximate surface area is 210 Å². The summed E-state index contributed by atoms with van der Waals surface area (Å²) >= 11 is 0. The first-order valence-electron chi connectivity index (χ1n) is 11.5. The van der Waals surface area contributed by atoms with Crippen LogP contribution in [0.25, 0.3) is 11.0 Å². The molecule has 37 heavy (non-hydrogen) atoms. The topological polar surface area (TPSA) is 125 Å². The van der Waals surface area contributed by atoms with E-state index in [4.69, 9.17) is 18.3 Å². The number of amides is 2. The van der Waals surface area contributed by atoms with Crippen LogP contribution >= 0.6 is 0 Å². The molecule has 0 radical (unpaired) electrons. The lowest BCUT2D eigenvalue weighted by Crippen LogP contribution is -2.45. The molecule has 11 nitrogen and oxygen atoms in total. The summed E-state index contributed by atoms with van der Waals surface area (Å²) in [5, 5.41) is 11.1. The van der Waals surface area contributed by atoms with Gasteiger partial charge in [-0.2, -0.15) is 0 Å². The third kappa shape index (κ3) is 4.38. The summed E-state index contributed by atoms with van der Waals surface area (Å²) in [6, 6.07) is 18.0. The van der Waals surface area contributed by atoms with Gasteiger partial charge < -0.3 is 23.6 Å². The summed E-state index contributed by atoms with van der Waals surface area (Å²) in [5.74, 6) is 1.00. The summed E-state index contributed by atoms with van der Waals surface area (Å²) in [6.07, 6.45) is 2.98. The Morgan fingerprint density at radius 1 is 0.973 bits per heavy atom. The summed E-state index contributed by atoms with van der Waals surface area (Å²) in [6.45, 7) is 0.0421. The monoisotopic (exact) mass is 499 g/mol. The fourth-order valence-electron chi connectivity index (χ4n) is 4.22. The van der Waals surface area contributed by atoms with Crippen molar-refractivity contribution in [3.05, 3.63) is 90.8 Å². The van der Waals surface area contributed by atoms with Crippen LogP contribution in [0.1, 0.15) is 17.6 Å². The molecule has 0 spiro atoms. The molecular weight excluding hydrogens is 478 g/mol. The van der Waals surface area contributed by atoms with E-state index in [0.29, 0.717) is 34.0 Å². The van der Waals surface area contributed by atoms with E-state index in [0.717, 1.165) is 0 Å². The van der Waals surface area contributed by atoms with Gasteiger partial charge in [0.1, 0.15) is 23.6 Å². The summed E-state index contributed by atoms with van der Waals surface area (Å²) in [4.78, 5) is 28.9. The van der Waals surface area contributed by atoms with Crippen molar-refractivity contribution in [3.8, 4) is 11.5 Å². The van der Waals surface area contributed by atoms with E-state index in [2.05, 4.69) is 15.6 Å². The number of para-hydroxylation sites is 1. The van der Waals surface area contributed by atoms with Gasteiger partial charge in [-0.15, -0.1) is 5.10 Å². The number of ether oxygens (including phenoxy) is 2. The molecule has 2 aromatic carbocycles. The number of aromatic nitrogens is 3. The lowest BCUT2D eigenvalue weighted by atomic mass is 10.1. The highest BCUT2D eigenvalue weighted by atomic mass is 16.7. The van der Waals surface area contributed by atoms with Crippen LogP contribution in [0.15, 0.2) is 88.1 Å². The number of fused-ring (bicyclic) bond motifs is 2. The molecule has 4 heterocycles. The Morgan fingerprint density at radius 2 is 1.81 bits per heavy atom. The fourth-order valence-corrected chi connectivity index (χ4v) is 4.22. The number of nitrogens with zero attached hydrogens (tertiary/aromatic N) is 4. The van der Waals surface area contributed by atoms with Gasteiger partial charge in [-0.3, -0.25) is 14.5 Å². The normalized spacial score (nSPS) is 13.0. The highest BCUT2D eigenvalue weighted by Crippen LogP contribution is 2.38. The predicted molar refractivity (Wildman–Crippen MR) is 130 cm³/mol. The first kappa shape index (κ1) is 22.4. The van der Waals surface area contributed by atoms with Crippen LogP contribution < -0.4 is 19.7 Å². The zero-order valence-corrected chi connectivity index (χ0v) is 19.4. The molecule has 1 aliphatic rings. The number of nitrogens with one attached hydrogen (secondary N) is 1. The molecule has 0 saturated carbocycles. The Balaban J connectivity index is 1.39. The Hall–Kier alpha value is -5.06. The Morgan fingerprint density at radius 3 is 2.65 bits per heavy atom. The van der Waals surface area contributed by atoms with Gasteiger partial charge in [-0.05, 0) is 48.5 Å². The van der Waals surface area contributed by atoms with Crippen molar-refractivity contribution >= 4 is 28.5 Å². The van der Waals surface area contributed by atoms with Crippen LogP contribution in [-0.4, -0.2) is 33.6 Å². The quantitative estimate of drug-likeness (QED) is 0.344. The minimum Gasteiger partial charge on any atom is -0.467 e. The van der Waals surface area contributed by atoms with E-state index in [1.165, 1.54) is 22.1 Å². The highest BCUT2D eigenvalue weighted by molar-refractivity contribution is 6.01. The third-order valence-electron chi connectivity index (χ3n) is 5.94. The Kier molecular flexibility index (Phi) is 5.77. The molecular formula is C26H21N5O6. The highest BCUT2D eigenvalue weighted by Gasteiger charge is 2.36. The number of carbonyl (C=O) groups excluding carboxylic acids is 2. The van der Waals surface area contributed by atoms with Crippen LogP contribution in [0, 0.1) is 0 Å². The van der Waals surface area contributed by atoms with E-state index in [9.17, 15) is 9.59 Å². The van der Waals surface area contributed by atoms with Crippen LogP contribution in [0.3, 0.4) is 0 Å². The van der Waals surface area contributed by atoms with E-state index < -0.39 is 17.9 Å². The molecule has 3 aromatic heterocycles. The van der Waals surface area contributed by atoms with Crippen LogP contribution in [0.5, 0.6) is 11.5 Å². The standard InChI is InChI=1S/C26H21N5O6/c32-24(15-30-20-7-2-1-6-19(20)28-29-30)31(17-9-10-21-23(13-17)37-16-36-21)25(22-8-4-12-35-22)26(33)27-14-18-5-3-11-34-18/h1-13,25H,14-16H2,(H,27,33)/t25-/m1/s1. The molecule has 5 aromatic rings. The summed E-state index contributed by atoms with van der Waals surface area (Å²) in [5.41, 5.74) is 1.77. The molecule has 2 amide bonds. The average molecular weight is 499 g/mol. The molecule has 0 bridgehead atoms. The van der Waals surface area contributed by atoms with Crippen molar-refractivity contribution < 1.29 is 27.9 Å². The minimum atomic E-state index is -1.13. The molecule has 1 N–H and O–H groups in total. The second kappa shape index (κ2) is 9.53. The SMILES string of the molecule is O=C(NCc1ccco1)[C@@H](c1ccco1)N(C(=O)Cn1nnc2ccccc21)c1ccc2c(c1)OCO2. The lowest BCUT2D eigenvalue weighted by molar-refractivity contribution is -0.127. The zero-order valence-electron chi connectivity index (χ0n) is 19.4. The molecule has 11 heteroatoms. The number of anilines is 1. The maximum atomic E-state index is 14.0. The van der Waals surface area contributed by atoms with Gasteiger partial charge in [-0.25, -0.2) is 4.68 Å². The van der Waals surface area contributed by atoms with Gasteiger partial charge in [0.15, 0.2) is 17.5 Å². The maximum Gasteiger partial charge on any atom is 0.251 e. The molecule has 0 unspecified atom stereocenters. The number of hydrogen-bond donors (Lipinski definition) is 1. The molecule has 6 rings (SSSR count). The van der Waals surface area contributed by atoms with Crippen molar-refractivity contribution in [2.45, 2.75) is 19.1 Å². The molecule has 186 valence electrons. The van der Waals surface area contributed by atoms with Crippen molar-refractivity contribution in [1.29, 1.82) is 0 Å². The largest absolute Gasteiger partial charge is 0.467 e. The fraction of sp³-hybridized carbons (Fsp3) is 0.154. The van der Waals surface area contributed by atoms with Crippen LogP contribution in [0.2, 0.25) is 0 Å². The van der Waals surface area contributed by atoms with Gasteiger partial charge in [0, 0.05) is 11.8 Å². The van der Waals surface area contributed by atoms with E-state index in [1.54, 1.807) is 42.5 Å². The number of benzene rings is 2. The second-order valence-electron chi connectivity index (χ2n) is 8.25. The van der Waals surface area contributed by atoms with Crippen molar-refractivity contribution in [1.82, 2.24) is 20.3 Å². The van der Waals surface area contributed by atoms with Crippen LogP contribution in [-0.2, 0) is 22.7 Å². The second-order valence-corrected chi connectivity index (χ2v) is 8.25. The molecule has 0 saturated heterocycles. The zero-order chi connectivity index (χ0) is 25.2. The van der Waals surface area contributed by atoms with Crippen LogP contribution in [0.4, 0.5) is 5.69 Å². The van der Waals surface area contributed by atoms with Crippen molar-refractivity contribution in [3.63, 3.8) is 0 Å². The molecule has 1 aliphatic heterocycles. The van der Waals surface area contributed by atoms with Crippen molar-refractivity contribution in [2.24, 2.45) is 0 Å². The van der Waals surface area contributed by atoms with E-state index in [1.807, 2.05) is 24.3 Å². The number of rotatable bonds is 8. The molecule has 1 atom stereocenters. The molecule has 0 fully saturated rings. The Bertz CT molecular complexity index is 1540. The smallest absolute Gasteiger partial charge is 0.251 e. The third-order valence-corrected chi connectivity index (χ3v) is 5.94. The summed E-state index contributed by atoms with van der Waals surface area (Å²) < 4.78 is 23.4. The lowest BCUT2D eigenvalue weighted by Gasteiger charge is -2.30. The van der Waals surface area contributed by atoms with Gasteiger partial charge in [0.05, 0.1) is 24.6 Å². The maximum absolute atomic E-state index is 14.0. The predicted octanol–water partition coefficient (Wildman–Crippen LogP) is 3.44. The first-order chi connectivity index (χ1) is 18.2. The van der Waals surface area contributed by atoms with E-state index in [-0.39, 0.29) is 25.6 Å². The first-order valence-corrected chi connectivity index (χ1v) is 11.5. The number of hydrogen-bond acceptors (Lipinski definition) is 8. The van der Waals surface area contributed by atoms with Gasteiger partial charge in [-0.1, -0.05) is 17.3 Å². The number of furan rings is 2. The summed E-state index contributed by atoms with van der Waals surface area (Å²) in [7, 11) is 0. The molecule has 0 aliphatic carbocycles.